The van der Waals surface area contributed by atoms with E-state index in [1.165, 1.54) is 12.1 Å². The minimum absolute atomic E-state index is 0.119. The number of hydrogen-bond donors (Lipinski definition) is 3. The van der Waals surface area contributed by atoms with Crippen LogP contribution in [0.1, 0.15) is 11.1 Å². The molecule has 0 spiro atoms. The number of guanidine groups is 1. The number of benzene rings is 1. The van der Waals surface area contributed by atoms with Crippen LogP contribution in [-0.2, 0) is 11.3 Å². The molecule has 2 heterocycles. The van der Waals surface area contributed by atoms with E-state index in [9.17, 15) is 10.1 Å². The molecule has 11 heteroatoms. The number of aromatic nitrogens is 2. The fourth-order valence-electron chi connectivity index (χ4n) is 3.03. The van der Waals surface area contributed by atoms with Crippen LogP contribution in [0.3, 0.4) is 0 Å². The number of nitriles is 1. The van der Waals surface area contributed by atoms with Crippen molar-refractivity contribution < 1.29 is 13.9 Å². The van der Waals surface area contributed by atoms with Gasteiger partial charge in [-0.15, -0.1) is 5.10 Å². The first-order chi connectivity index (χ1) is 14.0. The van der Waals surface area contributed by atoms with E-state index in [1.807, 2.05) is 22.4 Å². The third-order valence-corrected chi connectivity index (χ3v) is 4.39. The highest BCUT2D eigenvalue weighted by atomic mass is 19.1. The van der Waals surface area contributed by atoms with Gasteiger partial charge in [0.15, 0.2) is 17.6 Å². The van der Waals surface area contributed by atoms with Gasteiger partial charge in [-0.2, -0.15) is 10.4 Å². The van der Waals surface area contributed by atoms with Gasteiger partial charge in [0.2, 0.25) is 0 Å². The number of hydrogen-bond acceptors (Lipinski definition) is 8. The fraction of sp³-hybridized carbons (Fsp3) is 0.278. The highest BCUT2D eigenvalue weighted by molar-refractivity contribution is 5.90. The number of amides is 1. The van der Waals surface area contributed by atoms with Crippen LogP contribution in [0.2, 0.25) is 0 Å². The first-order valence-corrected chi connectivity index (χ1v) is 8.76. The van der Waals surface area contributed by atoms with Gasteiger partial charge >= 0.3 is 6.09 Å². The Morgan fingerprint density at radius 3 is 2.66 bits per heavy atom. The van der Waals surface area contributed by atoms with E-state index in [0.717, 1.165) is 5.82 Å². The van der Waals surface area contributed by atoms with Gasteiger partial charge in [0.05, 0.1) is 11.3 Å². The Morgan fingerprint density at radius 1 is 1.31 bits per heavy atom. The summed E-state index contributed by atoms with van der Waals surface area (Å²) in [6, 6.07) is 8.56. The first kappa shape index (κ1) is 19.8. The van der Waals surface area contributed by atoms with Crippen LogP contribution in [-0.4, -0.2) is 48.4 Å². The molecule has 10 nitrogen and oxygen atoms in total. The van der Waals surface area contributed by atoms with E-state index in [-0.39, 0.29) is 23.4 Å². The van der Waals surface area contributed by atoms with Gasteiger partial charge in [0, 0.05) is 37.9 Å². The number of nitrogens with zero attached hydrogens (tertiary/aromatic N) is 5. The highest BCUT2D eigenvalue weighted by Crippen LogP contribution is 2.29. The Hall–Kier alpha value is -3.94. The molecular weight excluding hydrogens is 379 g/mol. The minimum Gasteiger partial charge on any atom is -0.444 e. The van der Waals surface area contributed by atoms with Crippen LogP contribution in [0.15, 0.2) is 30.5 Å². The lowest BCUT2D eigenvalue weighted by Crippen LogP contribution is -2.47. The molecule has 0 aliphatic carbocycles. The van der Waals surface area contributed by atoms with Gasteiger partial charge in [-0.3, -0.25) is 10.7 Å². The molecular formula is C18H19FN8O2. The number of alkyl carbamates (subject to hydrolysis) is 1. The third kappa shape index (κ3) is 4.67. The van der Waals surface area contributed by atoms with Crippen LogP contribution in [0.25, 0.3) is 0 Å². The largest absolute Gasteiger partial charge is 0.444 e. The number of piperazine rings is 1. The van der Waals surface area contributed by atoms with Crippen molar-refractivity contribution in [3.63, 3.8) is 0 Å². The van der Waals surface area contributed by atoms with E-state index in [1.54, 1.807) is 17.2 Å². The number of nitrogens with one attached hydrogen (secondary N) is 2. The van der Waals surface area contributed by atoms with Crippen molar-refractivity contribution in [2.75, 3.05) is 36.0 Å². The summed E-state index contributed by atoms with van der Waals surface area (Å²) in [6.45, 7) is 1.79. The molecule has 3 rings (SSSR count). The maximum absolute atomic E-state index is 15.1. The second kappa shape index (κ2) is 8.83. The fourth-order valence-corrected chi connectivity index (χ4v) is 3.03. The van der Waals surface area contributed by atoms with E-state index in [0.29, 0.717) is 26.2 Å². The van der Waals surface area contributed by atoms with Crippen molar-refractivity contribution in [3.8, 4) is 6.07 Å². The molecule has 0 unspecified atom stereocenters. The Morgan fingerprint density at radius 2 is 2.03 bits per heavy atom. The second-order valence-corrected chi connectivity index (χ2v) is 6.22. The lowest BCUT2D eigenvalue weighted by Gasteiger charge is -2.37. The average Bonchev–Trinajstić information content (AvgIpc) is 2.73. The Labute approximate surface area is 166 Å². The Balaban J connectivity index is 1.74. The maximum atomic E-state index is 15.1. The number of anilines is 2. The number of carbonyl (C=O) groups is 1. The SMILES string of the molecule is N#Cc1ccc(COC(=O)NC(=N)N)c(F)c1N1CCN(c2cccnn2)CC1. The molecule has 1 aromatic carbocycles. The summed E-state index contributed by atoms with van der Waals surface area (Å²) in [5.41, 5.74) is 5.55. The zero-order valence-corrected chi connectivity index (χ0v) is 15.4. The van der Waals surface area contributed by atoms with E-state index in [4.69, 9.17) is 15.9 Å². The lowest BCUT2D eigenvalue weighted by molar-refractivity contribution is 0.143. The van der Waals surface area contributed by atoms with Gasteiger partial charge in [-0.05, 0) is 18.2 Å². The molecule has 1 saturated heterocycles. The summed E-state index contributed by atoms with van der Waals surface area (Å²) in [5, 5.41) is 26.3. The minimum atomic E-state index is -0.958. The molecule has 1 aliphatic heterocycles. The Bertz CT molecular complexity index is 939. The number of rotatable bonds is 4. The molecule has 1 aliphatic rings. The third-order valence-electron chi connectivity index (χ3n) is 4.39. The maximum Gasteiger partial charge on any atom is 0.414 e. The topological polar surface area (TPSA) is 144 Å². The zero-order valence-electron chi connectivity index (χ0n) is 15.4. The van der Waals surface area contributed by atoms with Crippen molar-refractivity contribution >= 4 is 23.6 Å². The van der Waals surface area contributed by atoms with Crippen molar-refractivity contribution in [3.05, 3.63) is 47.4 Å². The van der Waals surface area contributed by atoms with Gasteiger partial charge in [-0.1, -0.05) is 6.07 Å². The Kier molecular flexibility index (Phi) is 6.03. The van der Waals surface area contributed by atoms with Crippen LogP contribution >= 0.6 is 0 Å². The summed E-state index contributed by atoms with van der Waals surface area (Å²) in [5.74, 6) is -0.448. The van der Waals surface area contributed by atoms with Crippen LogP contribution < -0.4 is 20.9 Å². The molecule has 29 heavy (non-hydrogen) atoms. The molecule has 4 N–H and O–H groups in total. The molecule has 1 aromatic heterocycles. The van der Waals surface area contributed by atoms with Gasteiger partial charge in [0.25, 0.3) is 0 Å². The predicted molar refractivity (Wildman–Crippen MR) is 103 cm³/mol. The molecule has 0 atom stereocenters. The summed E-state index contributed by atoms with van der Waals surface area (Å²) < 4.78 is 20.0. The molecule has 0 radical (unpaired) electrons. The summed E-state index contributed by atoms with van der Waals surface area (Å²) in [6.07, 6.45) is 0.638. The molecule has 0 saturated carbocycles. The van der Waals surface area contributed by atoms with Crippen molar-refractivity contribution in [2.45, 2.75) is 6.61 Å². The van der Waals surface area contributed by atoms with Crippen LogP contribution in [0.5, 0.6) is 0 Å². The molecule has 2 aromatic rings. The van der Waals surface area contributed by atoms with Gasteiger partial charge in [0.1, 0.15) is 12.7 Å². The lowest BCUT2D eigenvalue weighted by atomic mass is 10.1. The molecule has 0 bridgehead atoms. The van der Waals surface area contributed by atoms with E-state index >= 15 is 4.39 Å². The van der Waals surface area contributed by atoms with Gasteiger partial charge in [-0.25, -0.2) is 9.18 Å². The average molecular weight is 398 g/mol. The van der Waals surface area contributed by atoms with Crippen molar-refractivity contribution in [1.29, 1.82) is 10.7 Å². The number of carbonyl (C=O) groups excluding carboxylic acids is 1. The quantitative estimate of drug-likeness (QED) is 0.510. The second-order valence-electron chi connectivity index (χ2n) is 6.22. The normalized spacial score (nSPS) is 13.5. The predicted octanol–water partition coefficient (Wildman–Crippen LogP) is 0.934. The summed E-state index contributed by atoms with van der Waals surface area (Å²) in [7, 11) is 0. The standard InChI is InChI=1S/C18H19FN8O2/c19-15-13(11-29-18(28)24-17(21)22)4-3-12(10-20)16(15)27-8-6-26(7-9-27)14-2-1-5-23-25-14/h1-5H,6-9,11H2,(H4,21,22,24,28). The number of ether oxygens (including phenoxy) is 1. The van der Waals surface area contributed by atoms with Gasteiger partial charge < -0.3 is 20.3 Å². The zero-order chi connectivity index (χ0) is 20.8. The number of nitrogens with two attached hydrogens (primary N) is 1. The molecule has 150 valence electrons. The molecule has 1 amide bonds. The molecule has 1 fully saturated rings. The smallest absolute Gasteiger partial charge is 0.414 e. The van der Waals surface area contributed by atoms with Crippen LogP contribution in [0, 0.1) is 22.6 Å². The first-order valence-electron chi connectivity index (χ1n) is 8.76. The number of halogens is 1. The van der Waals surface area contributed by atoms with E-state index in [2.05, 4.69) is 10.2 Å². The van der Waals surface area contributed by atoms with Crippen molar-refractivity contribution in [1.82, 2.24) is 15.5 Å². The van der Waals surface area contributed by atoms with Crippen LogP contribution in [0.4, 0.5) is 20.7 Å². The summed E-state index contributed by atoms with van der Waals surface area (Å²) >= 11 is 0. The monoisotopic (exact) mass is 398 g/mol. The van der Waals surface area contributed by atoms with Crippen molar-refractivity contribution in [2.24, 2.45) is 5.73 Å². The highest BCUT2D eigenvalue weighted by Gasteiger charge is 2.25. The van der Waals surface area contributed by atoms with E-state index < -0.39 is 17.9 Å². The summed E-state index contributed by atoms with van der Waals surface area (Å²) in [4.78, 5) is 15.3.